The van der Waals surface area contributed by atoms with Gasteiger partial charge in [-0.25, -0.2) is 9.97 Å². The Bertz CT molecular complexity index is 2500. The molecule has 0 spiro atoms. The van der Waals surface area contributed by atoms with Gasteiger partial charge in [-0.05, 0) is 81.7 Å². The van der Waals surface area contributed by atoms with Crippen molar-refractivity contribution in [1.82, 2.24) is 24.5 Å². The molecule has 4 aromatic carbocycles. The van der Waals surface area contributed by atoms with Gasteiger partial charge in [0, 0.05) is 52.3 Å². The van der Waals surface area contributed by atoms with Gasteiger partial charge in [-0.1, -0.05) is 66.7 Å². The Morgan fingerprint density at radius 2 is 1.20 bits per heavy atom. The van der Waals surface area contributed by atoms with Crippen molar-refractivity contribution in [2.45, 2.75) is 0 Å². The summed E-state index contributed by atoms with van der Waals surface area (Å²) in [5.41, 5.74) is 8.79. The van der Waals surface area contributed by atoms with Gasteiger partial charge in [0.15, 0.2) is 0 Å². The molecule has 0 unspecified atom stereocenters. The smallest absolute Gasteiger partial charge is 0.145 e. The van der Waals surface area contributed by atoms with Crippen LogP contribution < -0.4 is 0 Å². The largest absolute Gasteiger partial charge is 0.292 e. The summed E-state index contributed by atoms with van der Waals surface area (Å²) < 4.78 is 2.20. The molecule has 0 saturated carbocycles. The van der Waals surface area contributed by atoms with Gasteiger partial charge in [-0.3, -0.25) is 14.5 Å². The maximum absolute atomic E-state index is 5.23. The zero-order chi connectivity index (χ0) is 29.7. The zero-order valence-electron chi connectivity index (χ0n) is 24.2. The summed E-state index contributed by atoms with van der Waals surface area (Å²) in [5.74, 6) is 0. The standard InChI is InChI=1S/C40H25N5/c1-2-11-31-26(9-1)20-36(33-13-4-3-12-32(31)33)38-22-28(21-37(44-38)27-10-7-17-41-23-27)29-19-30(25-42-24-29)45-39-16-6-5-14-34(39)35-15-8-18-43-40(35)45/h1-25H. The van der Waals surface area contributed by atoms with Crippen molar-refractivity contribution in [2.75, 3.05) is 0 Å². The van der Waals surface area contributed by atoms with Crippen LogP contribution in [-0.2, 0) is 0 Å². The lowest BCUT2D eigenvalue weighted by Gasteiger charge is -2.14. The maximum atomic E-state index is 5.23. The zero-order valence-corrected chi connectivity index (χ0v) is 24.2. The lowest BCUT2D eigenvalue weighted by atomic mass is 9.94. The third kappa shape index (κ3) is 4.17. The molecule has 9 rings (SSSR count). The topological polar surface area (TPSA) is 56.5 Å². The fraction of sp³-hybridized carbons (Fsp3) is 0. The molecule has 5 nitrogen and oxygen atoms in total. The van der Waals surface area contributed by atoms with Crippen LogP contribution in [0.5, 0.6) is 0 Å². The van der Waals surface area contributed by atoms with Gasteiger partial charge in [0.2, 0.25) is 0 Å². The second kappa shape index (κ2) is 10.2. The molecule has 45 heavy (non-hydrogen) atoms. The van der Waals surface area contributed by atoms with Crippen molar-refractivity contribution in [2.24, 2.45) is 0 Å². The van der Waals surface area contributed by atoms with E-state index in [1.165, 1.54) is 26.9 Å². The fourth-order valence-electron chi connectivity index (χ4n) is 6.53. The van der Waals surface area contributed by atoms with Crippen molar-refractivity contribution in [3.63, 3.8) is 0 Å². The van der Waals surface area contributed by atoms with Crippen LogP contribution in [0.25, 0.3) is 82.8 Å². The number of rotatable bonds is 4. The number of para-hydroxylation sites is 1. The molecule has 0 amide bonds. The summed E-state index contributed by atoms with van der Waals surface area (Å²) in [4.78, 5) is 19.2. The molecule has 0 fully saturated rings. The lowest BCUT2D eigenvalue weighted by molar-refractivity contribution is 1.11. The lowest BCUT2D eigenvalue weighted by Crippen LogP contribution is -1.97. The molecule has 0 aliphatic heterocycles. The van der Waals surface area contributed by atoms with Crippen molar-refractivity contribution >= 4 is 43.5 Å². The molecule has 0 bridgehead atoms. The van der Waals surface area contributed by atoms with Crippen molar-refractivity contribution in [1.29, 1.82) is 0 Å². The van der Waals surface area contributed by atoms with Crippen molar-refractivity contribution < 1.29 is 0 Å². The molecule has 0 aliphatic carbocycles. The van der Waals surface area contributed by atoms with Crippen molar-refractivity contribution in [3.8, 4) is 39.3 Å². The van der Waals surface area contributed by atoms with Gasteiger partial charge in [0.05, 0.1) is 28.8 Å². The second-order valence-corrected chi connectivity index (χ2v) is 11.2. The van der Waals surface area contributed by atoms with E-state index in [1.54, 1.807) is 6.20 Å². The normalized spacial score (nSPS) is 11.6. The molecular weight excluding hydrogens is 550 g/mol. The van der Waals surface area contributed by atoms with Gasteiger partial charge < -0.3 is 0 Å². The highest BCUT2D eigenvalue weighted by atomic mass is 15.1. The van der Waals surface area contributed by atoms with Crippen LogP contribution in [0.15, 0.2) is 152 Å². The SMILES string of the molecule is c1cncc(-c2cc(-c3cncc(-n4c5ccccc5c5cccnc54)c3)cc(-c3cc4ccccc4c4ccccc34)n2)c1. The molecule has 9 aromatic rings. The number of nitrogens with zero attached hydrogens (tertiary/aromatic N) is 5. The summed E-state index contributed by atoms with van der Waals surface area (Å²) >= 11 is 0. The Kier molecular flexibility index (Phi) is 5.74. The molecule has 5 heterocycles. The molecule has 0 saturated heterocycles. The Morgan fingerprint density at radius 1 is 0.467 bits per heavy atom. The van der Waals surface area contributed by atoms with E-state index < -0.39 is 0 Å². The van der Waals surface area contributed by atoms with Crippen LogP contribution >= 0.6 is 0 Å². The first-order valence-electron chi connectivity index (χ1n) is 15.0. The van der Waals surface area contributed by atoms with Gasteiger partial charge in [-0.15, -0.1) is 0 Å². The summed E-state index contributed by atoms with van der Waals surface area (Å²) in [7, 11) is 0. The molecule has 0 radical (unpaired) electrons. The van der Waals surface area contributed by atoms with Crippen LogP contribution in [0.2, 0.25) is 0 Å². The third-order valence-electron chi connectivity index (χ3n) is 8.58. The monoisotopic (exact) mass is 575 g/mol. The Morgan fingerprint density at radius 3 is 2.09 bits per heavy atom. The highest BCUT2D eigenvalue weighted by Gasteiger charge is 2.16. The first-order valence-corrected chi connectivity index (χ1v) is 15.0. The van der Waals surface area contributed by atoms with E-state index >= 15 is 0 Å². The molecule has 0 atom stereocenters. The average Bonchev–Trinajstić information content (AvgIpc) is 3.46. The van der Waals surface area contributed by atoms with E-state index in [0.717, 1.165) is 55.9 Å². The summed E-state index contributed by atoms with van der Waals surface area (Å²) in [6.45, 7) is 0. The molecular formula is C40H25N5. The minimum absolute atomic E-state index is 0.858. The third-order valence-corrected chi connectivity index (χ3v) is 8.58. The van der Waals surface area contributed by atoms with Gasteiger partial charge >= 0.3 is 0 Å². The van der Waals surface area contributed by atoms with E-state index in [1.807, 2.05) is 36.9 Å². The number of fused-ring (bicyclic) bond motifs is 6. The fourth-order valence-corrected chi connectivity index (χ4v) is 6.53. The minimum atomic E-state index is 0.858. The molecule has 5 aromatic heterocycles. The predicted molar refractivity (Wildman–Crippen MR) is 183 cm³/mol. The molecule has 0 aliphatic rings. The average molecular weight is 576 g/mol. The Balaban J connectivity index is 1.29. The number of pyridine rings is 4. The van der Waals surface area contributed by atoms with Crippen LogP contribution in [0, 0.1) is 0 Å². The van der Waals surface area contributed by atoms with Crippen LogP contribution in [-0.4, -0.2) is 24.5 Å². The summed E-state index contributed by atoms with van der Waals surface area (Å²) in [6, 6.07) is 42.4. The number of hydrogen-bond donors (Lipinski definition) is 0. The number of aromatic nitrogens is 5. The minimum Gasteiger partial charge on any atom is -0.292 e. The van der Waals surface area contributed by atoms with Crippen LogP contribution in [0.3, 0.4) is 0 Å². The van der Waals surface area contributed by atoms with Crippen molar-refractivity contribution in [3.05, 3.63) is 152 Å². The quantitative estimate of drug-likeness (QED) is 0.196. The van der Waals surface area contributed by atoms with E-state index in [9.17, 15) is 0 Å². The second-order valence-electron chi connectivity index (χ2n) is 11.2. The number of benzene rings is 4. The summed E-state index contributed by atoms with van der Waals surface area (Å²) in [5, 5.41) is 7.08. The Hall–Kier alpha value is -6.20. The first-order chi connectivity index (χ1) is 22.3. The van der Waals surface area contributed by atoms with Gasteiger partial charge in [-0.2, -0.15) is 0 Å². The summed E-state index contributed by atoms with van der Waals surface area (Å²) in [6.07, 6.45) is 9.34. The Labute approximate surface area is 259 Å². The maximum Gasteiger partial charge on any atom is 0.145 e. The highest BCUT2D eigenvalue weighted by molar-refractivity contribution is 6.13. The van der Waals surface area contributed by atoms with E-state index in [-0.39, 0.29) is 0 Å². The predicted octanol–water partition coefficient (Wildman–Crippen LogP) is 9.67. The van der Waals surface area contributed by atoms with Gasteiger partial charge in [0.1, 0.15) is 5.65 Å². The van der Waals surface area contributed by atoms with Crippen LogP contribution in [0.1, 0.15) is 0 Å². The van der Waals surface area contributed by atoms with Gasteiger partial charge in [0.25, 0.3) is 0 Å². The van der Waals surface area contributed by atoms with E-state index in [4.69, 9.17) is 15.0 Å². The molecule has 5 heteroatoms. The highest BCUT2D eigenvalue weighted by Crippen LogP contribution is 2.38. The molecule has 0 N–H and O–H groups in total. The first kappa shape index (κ1) is 25.3. The van der Waals surface area contributed by atoms with Crippen LogP contribution in [0.4, 0.5) is 0 Å². The van der Waals surface area contributed by atoms with E-state index in [0.29, 0.717) is 0 Å². The van der Waals surface area contributed by atoms with E-state index in [2.05, 4.69) is 119 Å². The molecule has 210 valence electrons. The number of hydrogen-bond acceptors (Lipinski definition) is 4.